The van der Waals surface area contributed by atoms with E-state index in [1.165, 1.54) is 0 Å². The van der Waals surface area contributed by atoms with Crippen molar-refractivity contribution in [3.8, 4) is 0 Å². The molecular weight excluding hydrogens is 292 g/mol. The Morgan fingerprint density at radius 2 is 1.85 bits per heavy atom. The lowest BCUT2D eigenvalue weighted by molar-refractivity contribution is 0.0691. The third-order valence-corrected chi connectivity index (χ3v) is 4.68. The van der Waals surface area contributed by atoms with Crippen LogP contribution in [-0.2, 0) is 10.0 Å². The Morgan fingerprint density at radius 3 is 2.30 bits per heavy atom. The van der Waals surface area contributed by atoms with Crippen LogP contribution in [0, 0.1) is 11.6 Å². The van der Waals surface area contributed by atoms with Crippen molar-refractivity contribution in [2.75, 3.05) is 13.1 Å². The summed E-state index contributed by atoms with van der Waals surface area (Å²) in [5, 5.41) is 8.78. The predicted molar refractivity (Wildman–Crippen MR) is 68.0 cm³/mol. The second-order valence-corrected chi connectivity index (χ2v) is 5.97. The van der Waals surface area contributed by atoms with Gasteiger partial charge in [-0.15, -0.1) is 0 Å². The van der Waals surface area contributed by atoms with Crippen LogP contribution < -0.4 is 0 Å². The van der Waals surface area contributed by atoms with Crippen LogP contribution in [0.1, 0.15) is 30.6 Å². The maximum Gasteiger partial charge on any atom is 0.338 e. The minimum Gasteiger partial charge on any atom is -0.478 e. The quantitative estimate of drug-likeness (QED) is 0.873. The molecule has 0 fully saturated rings. The summed E-state index contributed by atoms with van der Waals surface area (Å²) < 4.78 is 52.4. The van der Waals surface area contributed by atoms with E-state index >= 15 is 0 Å². The second kappa shape index (κ2) is 6.27. The molecule has 0 unspecified atom stereocenters. The summed E-state index contributed by atoms with van der Waals surface area (Å²) in [5.74, 6) is -4.27. The minimum atomic E-state index is -4.19. The van der Waals surface area contributed by atoms with Gasteiger partial charge in [-0.3, -0.25) is 0 Å². The number of carboxylic acid groups (broad SMARTS) is 1. The summed E-state index contributed by atoms with van der Waals surface area (Å²) >= 11 is 0. The van der Waals surface area contributed by atoms with E-state index in [0.717, 1.165) is 4.31 Å². The smallest absolute Gasteiger partial charge is 0.338 e. The second-order valence-electron chi connectivity index (χ2n) is 4.06. The van der Waals surface area contributed by atoms with Crippen LogP contribution in [0.2, 0.25) is 0 Å². The Bertz CT molecular complexity index is 616. The van der Waals surface area contributed by atoms with Crippen LogP contribution in [0.3, 0.4) is 0 Å². The first-order valence-electron chi connectivity index (χ1n) is 5.98. The lowest BCUT2D eigenvalue weighted by Crippen LogP contribution is -2.32. The normalized spacial score (nSPS) is 11.8. The van der Waals surface area contributed by atoms with E-state index in [1.807, 2.05) is 0 Å². The zero-order valence-corrected chi connectivity index (χ0v) is 11.9. The Labute approximate surface area is 115 Å². The fraction of sp³-hybridized carbons (Fsp3) is 0.417. The predicted octanol–water partition coefficient (Wildman–Crippen LogP) is 2.08. The van der Waals surface area contributed by atoms with Gasteiger partial charge in [-0.25, -0.2) is 22.0 Å². The topological polar surface area (TPSA) is 74.7 Å². The van der Waals surface area contributed by atoms with E-state index in [-0.39, 0.29) is 19.2 Å². The molecule has 1 aromatic rings. The van der Waals surface area contributed by atoms with Crippen LogP contribution in [-0.4, -0.2) is 36.9 Å². The van der Waals surface area contributed by atoms with Gasteiger partial charge in [0.15, 0.2) is 0 Å². The van der Waals surface area contributed by atoms with Gasteiger partial charge in [-0.2, -0.15) is 4.31 Å². The molecule has 1 aromatic carbocycles. The molecular formula is C12H15F2NO4S. The highest BCUT2D eigenvalue weighted by atomic mass is 32.2. The molecule has 1 rings (SSSR count). The highest BCUT2D eigenvalue weighted by Gasteiger charge is 2.28. The number of rotatable bonds is 6. The molecule has 0 bridgehead atoms. The molecule has 112 valence electrons. The first-order chi connectivity index (χ1) is 9.25. The molecule has 8 heteroatoms. The molecule has 0 aliphatic carbocycles. The van der Waals surface area contributed by atoms with Crippen LogP contribution in [0.5, 0.6) is 0 Å². The first kappa shape index (κ1) is 16.5. The van der Waals surface area contributed by atoms with Crippen molar-refractivity contribution in [1.29, 1.82) is 0 Å². The monoisotopic (exact) mass is 307 g/mol. The highest BCUT2D eigenvalue weighted by molar-refractivity contribution is 7.89. The average molecular weight is 307 g/mol. The van der Waals surface area contributed by atoms with E-state index in [2.05, 4.69) is 0 Å². The average Bonchev–Trinajstić information content (AvgIpc) is 2.34. The largest absolute Gasteiger partial charge is 0.478 e. The Kier molecular flexibility index (Phi) is 5.18. The molecule has 0 spiro atoms. The van der Waals surface area contributed by atoms with E-state index in [4.69, 9.17) is 5.11 Å². The molecule has 0 aromatic heterocycles. The summed E-state index contributed by atoms with van der Waals surface area (Å²) in [6.07, 6.45) is 0.516. The molecule has 5 nitrogen and oxygen atoms in total. The first-order valence-corrected chi connectivity index (χ1v) is 7.42. The van der Waals surface area contributed by atoms with Crippen LogP contribution in [0.25, 0.3) is 0 Å². The van der Waals surface area contributed by atoms with Crippen LogP contribution in [0.15, 0.2) is 17.0 Å². The third-order valence-electron chi connectivity index (χ3n) is 2.70. The van der Waals surface area contributed by atoms with E-state index in [0.29, 0.717) is 12.5 Å². The zero-order valence-electron chi connectivity index (χ0n) is 11.1. The van der Waals surface area contributed by atoms with Crippen LogP contribution in [0.4, 0.5) is 8.78 Å². The Balaban J connectivity index is 3.45. The number of carboxylic acids is 1. The van der Waals surface area contributed by atoms with Gasteiger partial charge < -0.3 is 5.11 Å². The lowest BCUT2D eigenvalue weighted by Gasteiger charge is -2.20. The van der Waals surface area contributed by atoms with E-state index in [9.17, 15) is 22.0 Å². The van der Waals surface area contributed by atoms with Gasteiger partial charge in [0, 0.05) is 19.2 Å². The van der Waals surface area contributed by atoms with Crippen molar-refractivity contribution in [2.24, 2.45) is 0 Å². The van der Waals surface area contributed by atoms with Crippen molar-refractivity contribution >= 4 is 16.0 Å². The number of hydrogen-bond donors (Lipinski definition) is 1. The molecule has 0 radical (unpaired) electrons. The molecule has 0 saturated heterocycles. The van der Waals surface area contributed by atoms with Gasteiger partial charge in [0.2, 0.25) is 10.0 Å². The van der Waals surface area contributed by atoms with Gasteiger partial charge >= 0.3 is 5.97 Å². The summed E-state index contributed by atoms with van der Waals surface area (Å²) in [7, 11) is -4.19. The third kappa shape index (κ3) is 3.13. The maximum absolute atomic E-state index is 13.7. The van der Waals surface area contributed by atoms with Gasteiger partial charge in [0.1, 0.15) is 16.5 Å². The number of hydrogen-bond acceptors (Lipinski definition) is 3. The van der Waals surface area contributed by atoms with Crippen molar-refractivity contribution in [1.82, 2.24) is 4.31 Å². The van der Waals surface area contributed by atoms with Crippen molar-refractivity contribution in [2.45, 2.75) is 25.2 Å². The number of benzene rings is 1. The number of nitrogens with zero attached hydrogens (tertiary/aromatic N) is 1. The van der Waals surface area contributed by atoms with Crippen molar-refractivity contribution < 1.29 is 27.1 Å². The number of aromatic carboxylic acids is 1. The molecule has 0 aliphatic heterocycles. The molecule has 0 saturated carbocycles. The van der Waals surface area contributed by atoms with Crippen LogP contribution >= 0.6 is 0 Å². The summed E-state index contributed by atoms with van der Waals surface area (Å²) in [4.78, 5) is 9.98. The fourth-order valence-corrected chi connectivity index (χ4v) is 3.34. The molecule has 20 heavy (non-hydrogen) atoms. The fourth-order valence-electron chi connectivity index (χ4n) is 1.73. The van der Waals surface area contributed by atoms with E-state index < -0.39 is 38.1 Å². The summed E-state index contributed by atoms with van der Waals surface area (Å²) in [6, 6.07) is 0.788. The summed E-state index contributed by atoms with van der Waals surface area (Å²) in [6.45, 7) is 3.60. The summed E-state index contributed by atoms with van der Waals surface area (Å²) in [5.41, 5.74) is -0.877. The van der Waals surface area contributed by atoms with Gasteiger partial charge in [0.25, 0.3) is 0 Å². The van der Waals surface area contributed by atoms with Gasteiger partial charge in [0.05, 0.1) is 5.56 Å². The molecule has 0 heterocycles. The maximum atomic E-state index is 13.7. The molecule has 0 aliphatic rings. The number of carbonyl (C=O) groups is 1. The van der Waals surface area contributed by atoms with Gasteiger partial charge in [-0.1, -0.05) is 13.8 Å². The van der Waals surface area contributed by atoms with Crippen molar-refractivity contribution in [3.05, 3.63) is 29.3 Å². The van der Waals surface area contributed by atoms with E-state index in [1.54, 1.807) is 13.8 Å². The molecule has 0 amide bonds. The Morgan fingerprint density at radius 1 is 1.25 bits per heavy atom. The Hall–Kier alpha value is -1.54. The molecule has 0 atom stereocenters. The number of sulfonamides is 1. The lowest BCUT2D eigenvalue weighted by atomic mass is 10.2. The van der Waals surface area contributed by atoms with Gasteiger partial charge in [-0.05, 0) is 12.5 Å². The minimum absolute atomic E-state index is 0.107. The molecule has 1 N–H and O–H groups in total. The highest BCUT2D eigenvalue weighted by Crippen LogP contribution is 2.23. The number of halogens is 2. The standard InChI is InChI=1S/C12H15F2NO4S/c1-3-5-15(4-2)20(18,19)11-6-8(12(16)17)9(13)7-10(11)14/h6-7H,3-5H2,1-2H3,(H,16,17). The SMILES string of the molecule is CCCN(CC)S(=O)(=O)c1cc(C(=O)O)c(F)cc1F. The zero-order chi connectivity index (χ0) is 15.5. The van der Waals surface area contributed by atoms with Crippen molar-refractivity contribution in [3.63, 3.8) is 0 Å².